The number of hydrogen-bond acceptors (Lipinski definition) is 6. The van der Waals surface area contributed by atoms with Gasteiger partial charge >= 0.3 is 5.69 Å². The van der Waals surface area contributed by atoms with Gasteiger partial charge in [0.05, 0.1) is 15.9 Å². The lowest BCUT2D eigenvalue weighted by Gasteiger charge is -2.19. The van der Waals surface area contributed by atoms with E-state index in [9.17, 15) is 23.3 Å². The lowest BCUT2D eigenvalue weighted by atomic mass is 10.1. The summed E-state index contributed by atoms with van der Waals surface area (Å²) in [4.78, 5) is 22.8. The van der Waals surface area contributed by atoms with Crippen molar-refractivity contribution >= 4 is 21.6 Å². The molecule has 0 fully saturated rings. The average molecular weight is 436 g/mol. The molecule has 0 saturated carbocycles. The van der Waals surface area contributed by atoms with Crippen LogP contribution in [0.25, 0.3) is 0 Å². The zero-order chi connectivity index (χ0) is 22.3. The van der Waals surface area contributed by atoms with Crippen molar-refractivity contribution in [1.82, 2.24) is 9.62 Å². The number of nitro benzene ring substituents is 1. The molecule has 0 saturated heterocycles. The third-order valence-corrected chi connectivity index (χ3v) is 6.59. The highest BCUT2D eigenvalue weighted by Crippen LogP contribution is 2.25. The molecule has 0 aromatic heterocycles. The third kappa shape index (κ3) is 5.55. The predicted octanol–water partition coefficient (Wildman–Crippen LogP) is 2.88. The number of carbonyl (C=O) groups is 1. The zero-order valence-corrected chi connectivity index (χ0v) is 17.9. The van der Waals surface area contributed by atoms with Crippen molar-refractivity contribution in [3.8, 4) is 5.75 Å². The Bertz CT molecular complexity index is 988. The summed E-state index contributed by atoms with van der Waals surface area (Å²) >= 11 is 0. The maximum absolute atomic E-state index is 12.5. The second-order valence-corrected chi connectivity index (χ2v) is 8.40. The molecule has 0 aliphatic rings. The van der Waals surface area contributed by atoms with Crippen LogP contribution >= 0.6 is 0 Å². The second kappa shape index (κ2) is 10.2. The van der Waals surface area contributed by atoms with Crippen molar-refractivity contribution in [3.05, 3.63) is 64.2 Å². The number of sulfonamides is 1. The van der Waals surface area contributed by atoms with E-state index in [4.69, 9.17) is 4.74 Å². The number of benzene rings is 2. The summed E-state index contributed by atoms with van der Waals surface area (Å²) in [5, 5.41) is 13.7. The van der Waals surface area contributed by atoms with Crippen molar-refractivity contribution in [2.45, 2.75) is 31.7 Å². The SMILES string of the molecule is CCN(CC)S(=O)(=O)c1ccc(C(C)NC(=O)COc2ccccc2[N+](=O)[O-])cc1. The maximum Gasteiger partial charge on any atom is 0.310 e. The molecule has 1 unspecified atom stereocenters. The molecule has 1 atom stereocenters. The summed E-state index contributed by atoms with van der Waals surface area (Å²) in [6.45, 7) is 5.68. The van der Waals surface area contributed by atoms with Gasteiger partial charge in [-0.1, -0.05) is 38.1 Å². The summed E-state index contributed by atoms with van der Waals surface area (Å²) in [6, 6.07) is 11.7. The molecule has 2 aromatic carbocycles. The van der Waals surface area contributed by atoms with Crippen molar-refractivity contribution in [2.75, 3.05) is 19.7 Å². The fourth-order valence-corrected chi connectivity index (χ4v) is 4.34. The molecule has 2 rings (SSSR count). The summed E-state index contributed by atoms with van der Waals surface area (Å²) in [7, 11) is -3.55. The fourth-order valence-electron chi connectivity index (χ4n) is 2.88. The van der Waals surface area contributed by atoms with Crippen LogP contribution in [0.15, 0.2) is 53.4 Å². The van der Waals surface area contributed by atoms with Crippen LogP contribution in [-0.4, -0.2) is 43.2 Å². The van der Waals surface area contributed by atoms with Crippen molar-refractivity contribution in [2.24, 2.45) is 0 Å². The lowest BCUT2D eigenvalue weighted by Crippen LogP contribution is -2.32. The number of carbonyl (C=O) groups excluding carboxylic acids is 1. The van der Waals surface area contributed by atoms with Gasteiger partial charge in [0.2, 0.25) is 10.0 Å². The Morgan fingerprint density at radius 3 is 2.30 bits per heavy atom. The lowest BCUT2D eigenvalue weighted by molar-refractivity contribution is -0.385. The van der Waals surface area contributed by atoms with Crippen LogP contribution in [0.3, 0.4) is 0 Å². The van der Waals surface area contributed by atoms with Gasteiger partial charge < -0.3 is 10.1 Å². The first-order valence-electron chi connectivity index (χ1n) is 9.46. The summed E-state index contributed by atoms with van der Waals surface area (Å²) in [5.74, 6) is -0.447. The monoisotopic (exact) mass is 435 g/mol. The first-order chi connectivity index (χ1) is 14.2. The summed E-state index contributed by atoms with van der Waals surface area (Å²) < 4.78 is 31.7. The van der Waals surface area contributed by atoms with Gasteiger partial charge in [0.1, 0.15) is 0 Å². The van der Waals surface area contributed by atoms with Crippen molar-refractivity contribution in [1.29, 1.82) is 0 Å². The van der Waals surface area contributed by atoms with E-state index in [1.807, 2.05) is 0 Å². The Hall–Kier alpha value is -2.98. The Morgan fingerprint density at radius 1 is 1.13 bits per heavy atom. The summed E-state index contributed by atoms with van der Waals surface area (Å²) in [6.07, 6.45) is 0. The minimum atomic E-state index is -3.55. The quantitative estimate of drug-likeness (QED) is 0.453. The van der Waals surface area contributed by atoms with Gasteiger partial charge in [0, 0.05) is 19.2 Å². The van der Waals surface area contributed by atoms with E-state index in [-0.39, 0.29) is 22.9 Å². The molecule has 0 radical (unpaired) electrons. The van der Waals surface area contributed by atoms with Crippen LogP contribution in [0.1, 0.15) is 32.4 Å². The largest absolute Gasteiger partial charge is 0.477 e. The van der Waals surface area contributed by atoms with E-state index in [1.54, 1.807) is 39.0 Å². The number of nitrogens with one attached hydrogen (secondary N) is 1. The average Bonchev–Trinajstić information content (AvgIpc) is 2.73. The maximum atomic E-state index is 12.5. The van der Waals surface area contributed by atoms with E-state index < -0.39 is 26.9 Å². The molecule has 0 spiro atoms. The van der Waals surface area contributed by atoms with E-state index in [0.717, 1.165) is 0 Å². The van der Waals surface area contributed by atoms with Gasteiger partial charge in [-0.3, -0.25) is 14.9 Å². The van der Waals surface area contributed by atoms with Crippen LogP contribution in [0, 0.1) is 10.1 Å². The normalized spacial score (nSPS) is 12.4. The number of ether oxygens (including phenoxy) is 1. The predicted molar refractivity (Wildman–Crippen MR) is 112 cm³/mol. The zero-order valence-electron chi connectivity index (χ0n) is 17.1. The topological polar surface area (TPSA) is 119 Å². The smallest absolute Gasteiger partial charge is 0.310 e. The van der Waals surface area contributed by atoms with Crippen LogP contribution in [-0.2, 0) is 14.8 Å². The minimum Gasteiger partial charge on any atom is -0.477 e. The molecular formula is C20H25N3O6S. The number of para-hydroxylation sites is 2. The number of nitrogens with zero attached hydrogens (tertiary/aromatic N) is 2. The Morgan fingerprint density at radius 2 is 1.73 bits per heavy atom. The van der Waals surface area contributed by atoms with Gasteiger partial charge in [0.25, 0.3) is 5.91 Å². The number of hydrogen-bond donors (Lipinski definition) is 1. The van der Waals surface area contributed by atoms with Crippen LogP contribution < -0.4 is 10.1 Å². The first kappa shape index (κ1) is 23.3. The molecule has 9 nitrogen and oxygen atoms in total. The van der Waals surface area contributed by atoms with Crippen molar-refractivity contribution in [3.63, 3.8) is 0 Å². The summed E-state index contributed by atoms with van der Waals surface area (Å²) in [5.41, 5.74) is 0.496. The van der Waals surface area contributed by atoms with E-state index in [0.29, 0.717) is 18.7 Å². The van der Waals surface area contributed by atoms with E-state index >= 15 is 0 Å². The molecule has 10 heteroatoms. The molecule has 2 aromatic rings. The molecular weight excluding hydrogens is 410 g/mol. The van der Waals surface area contributed by atoms with Crippen molar-refractivity contribution < 1.29 is 22.9 Å². The van der Waals surface area contributed by atoms with Gasteiger partial charge in [-0.2, -0.15) is 4.31 Å². The van der Waals surface area contributed by atoms with Gasteiger partial charge in [-0.05, 0) is 30.7 Å². The van der Waals surface area contributed by atoms with Gasteiger partial charge in [0.15, 0.2) is 12.4 Å². The molecule has 1 N–H and O–H groups in total. The highest BCUT2D eigenvalue weighted by Gasteiger charge is 2.22. The number of nitro groups is 1. The van der Waals surface area contributed by atoms with E-state index in [1.165, 1.54) is 34.6 Å². The standard InChI is InChI=1S/C20H25N3O6S/c1-4-22(5-2)30(27,28)17-12-10-16(11-13-17)15(3)21-20(24)14-29-19-9-7-6-8-18(19)23(25)26/h6-13,15H,4-5,14H2,1-3H3,(H,21,24). The second-order valence-electron chi connectivity index (χ2n) is 6.46. The molecule has 0 heterocycles. The molecule has 1 amide bonds. The molecule has 0 aliphatic heterocycles. The van der Waals surface area contributed by atoms with E-state index in [2.05, 4.69) is 5.32 Å². The number of amides is 1. The first-order valence-corrected chi connectivity index (χ1v) is 10.9. The minimum absolute atomic E-state index is 0.0104. The Labute approximate surface area is 175 Å². The molecule has 0 aliphatic carbocycles. The third-order valence-electron chi connectivity index (χ3n) is 4.52. The molecule has 162 valence electrons. The number of rotatable bonds is 10. The molecule has 0 bridgehead atoms. The molecule has 30 heavy (non-hydrogen) atoms. The Kier molecular flexibility index (Phi) is 7.90. The Balaban J connectivity index is 2.00. The highest BCUT2D eigenvalue weighted by atomic mass is 32.2. The van der Waals surface area contributed by atoms with Crippen LogP contribution in [0.4, 0.5) is 5.69 Å². The van der Waals surface area contributed by atoms with Crippen LogP contribution in [0.5, 0.6) is 5.75 Å². The van der Waals surface area contributed by atoms with Crippen LogP contribution in [0.2, 0.25) is 0 Å². The van der Waals surface area contributed by atoms with Gasteiger partial charge in [-0.25, -0.2) is 8.42 Å². The van der Waals surface area contributed by atoms with Gasteiger partial charge in [-0.15, -0.1) is 0 Å². The fraction of sp³-hybridized carbons (Fsp3) is 0.350. The highest BCUT2D eigenvalue weighted by molar-refractivity contribution is 7.89.